The number of carbonyl (C=O) groups is 2. The minimum Gasteiger partial charge on any atom is -0.497 e. The molecule has 3 aromatic carbocycles. The van der Waals surface area contributed by atoms with E-state index < -0.39 is 85.7 Å². The summed E-state index contributed by atoms with van der Waals surface area (Å²) in [6.45, 7) is 0. The number of hydrogen-bond acceptors (Lipinski definition) is 3. The molecule has 3 rings (SSSR count). The molecular weight excluding hydrogens is 722 g/mol. The summed E-state index contributed by atoms with van der Waals surface area (Å²) < 4.78 is 155. The minimum absolute atomic E-state index is 0.0746. The number of halogens is 12. The van der Waals surface area contributed by atoms with Crippen LogP contribution in [0.2, 0.25) is 0 Å². The monoisotopic (exact) mass is 739 g/mol. The number of alkyl halides is 10. The summed E-state index contributed by atoms with van der Waals surface area (Å²) in [5.74, 6) is -3.04. The molecule has 1 amide bonds. The maximum atomic E-state index is 15.4. The van der Waals surface area contributed by atoms with Crippen molar-refractivity contribution in [1.29, 1.82) is 0 Å². The Morgan fingerprint density at radius 3 is 1.91 bits per heavy atom. The van der Waals surface area contributed by atoms with Crippen molar-refractivity contribution in [2.75, 3.05) is 19.1 Å². The van der Waals surface area contributed by atoms with Crippen molar-refractivity contribution < 1.29 is 62.6 Å². The van der Waals surface area contributed by atoms with E-state index in [1.54, 1.807) is 0 Å². The number of nitrogens with zero attached hydrogens (tertiary/aromatic N) is 1. The van der Waals surface area contributed by atoms with Gasteiger partial charge in [-0.15, -0.1) is 0 Å². The molecule has 0 atom stereocenters. The van der Waals surface area contributed by atoms with Gasteiger partial charge in [0.2, 0.25) is 0 Å². The topological polar surface area (TPSA) is 46.6 Å². The fourth-order valence-electron chi connectivity index (χ4n) is 4.04. The molecule has 0 fully saturated rings. The quantitative estimate of drug-likeness (QED) is 0.139. The normalized spacial score (nSPS) is 12.7. The maximum Gasteiger partial charge on any atom is 0.435 e. The molecule has 4 nitrogen and oxygen atoms in total. The van der Waals surface area contributed by atoms with Gasteiger partial charge in [-0.3, -0.25) is 9.59 Å². The van der Waals surface area contributed by atoms with Crippen molar-refractivity contribution in [3.05, 3.63) is 91.8 Å². The summed E-state index contributed by atoms with van der Waals surface area (Å²) in [6, 6.07) is 7.89. The summed E-state index contributed by atoms with van der Waals surface area (Å²) in [5.41, 5.74) is -13.0. The van der Waals surface area contributed by atoms with Gasteiger partial charge in [-0.2, -0.15) is 39.5 Å². The number of carbonyl (C=O) groups excluding carboxylic acids is 2. The van der Waals surface area contributed by atoms with Crippen LogP contribution in [0.4, 0.5) is 54.0 Å². The lowest BCUT2D eigenvalue weighted by Gasteiger charge is -2.31. The van der Waals surface area contributed by atoms with Crippen LogP contribution in [0.3, 0.4) is 0 Å². The van der Waals surface area contributed by atoms with Gasteiger partial charge in [-0.25, -0.2) is 8.78 Å². The summed E-state index contributed by atoms with van der Waals surface area (Å²) in [7, 11) is 2.53. The molecule has 0 aliphatic heterocycles. The van der Waals surface area contributed by atoms with Crippen molar-refractivity contribution in [1.82, 2.24) is 0 Å². The maximum absolute atomic E-state index is 15.4. The molecule has 16 heteroatoms. The summed E-state index contributed by atoms with van der Waals surface area (Å²) in [5, 5.41) is 0. The molecule has 43 heavy (non-hydrogen) atoms. The third-order valence-electron chi connectivity index (χ3n) is 6.30. The van der Waals surface area contributed by atoms with Crippen LogP contribution in [0, 0.1) is 9.39 Å². The molecule has 0 saturated heterocycles. The van der Waals surface area contributed by atoms with Gasteiger partial charge < -0.3 is 9.64 Å². The summed E-state index contributed by atoms with van der Waals surface area (Å²) in [4.78, 5) is 26.6. The lowest BCUT2D eigenvalue weighted by atomic mass is 9.89. The smallest absolute Gasteiger partial charge is 0.435 e. The highest BCUT2D eigenvalue weighted by Crippen LogP contribution is 2.54. The molecule has 0 aliphatic carbocycles. The Bertz CT molecular complexity index is 1520. The largest absolute Gasteiger partial charge is 0.497 e. The Kier molecular flexibility index (Phi) is 9.44. The molecule has 232 valence electrons. The van der Waals surface area contributed by atoms with E-state index in [4.69, 9.17) is 4.74 Å². The number of ether oxygens (including phenoxy) is 1. The van der Waals surface area contributed by atoms with Crippen molar-refractivity contribution in [2.45, 2.75) is 30.6 Å². The third-order valence-corrected chi connectivity index (χ3v) is 7.26. The fraction of sp³-hybridized carbons (Fsp3) is 0.259. The van der Waals surface area contributed by atoms with Crippen LogP contribution < -0.4 is 9.64 Å². The zero-order valence-electron chi connectivity index (χ0n) is 21.6. The highest BCUT2D eigenvalue weighted by molar-refractivity contribution is 14.1. The number of amides is 1. The molecule has 0 aliphatic rings. The molecule has 0 N–H and O–H groups in total. The van der Waals surface area contributed by atoms with Gasteiger partial charge in [0.25, 0.3) is 5.91 Å². The van der Waals surface area contributed by atoms with E-state index in [9.17, 15) is 53.5 Å². The first kappa shape index (κ1) is 34.1. The Morgan fingerprint density at radius 1 is 0.860 bits per heavy atom. The van der Waals surface area contributed by atoms with Crippen LogP contribution in [-0.4, -0.2) is 38.2 Å². The first-order valence-electron chi connectivity index (χ1n) is 11.6. The highest BCUT2D eigenvalue weighted by Gasteiger charge is 2.73. The first-order valence-corrected chi connectivity index (χ1v) is 12.7. The van der Waals surface area contributed by atoms with Crippen molar-refractivity contribution in [3.8, 4) is 5.75 Å². The molecule has 0 aromatic heterocycles. The lowest BCUT2D eigenvalue weighted by molar-refractivity contribution is -0.348. The number of benzene rings is 3. The van der Waals surface area contributed by atoms with Crippen LogP contribution in [0.25, 0.3) is 0 Å². The molecule has 0 bridgehead atoms. The zero-order valence-corrected chi connectivity index (χ0v) is 23.8. The number of anilines is 1. The average Bonchev–Trinajstić information content (AvgIpc) is 2.90. The predicted octanol–water partition coefficient (Wildman–Crippen LogP) is 8.45. The first-order chi connectivity index (χ1) is 19.6. The Labute approximate surface area is 249 Å². The third kappa shape index (κ3) is 6.57. The number of methoxy groups -OCH3 is 1. The van der Waals surface area contributed by atoms with Gasteiger partial charge in [0.15, 0.2) is 11.6 Å². The Balaban J connectivity index is 2.05. The van der Waals surface area contributed by atoms with Crippen LogP contribution >= 0.6 is 22.6 Å². The predicted molar refractivity (Wildman–Crippen MR) is 139 cm³/mol. The second-order valence-electron chi connectivity index (χ2n) is 8.97. The molecule has 0 spiro atoms. The van der Waals surface area contributed by atoms with E-state index in [2.05, 4.69) is 0 Å². The second kappa shape index (κ2) is 11.9. The Hall–Kier alpha value is -3.44. The van der Waals surface area contributed by atoms with E-state index >= 15 is 4.39 Å². The van der Waals surface area contributed by atoms with E-state index in [-0.39, 0.29) is 11.6 Å². The van der Waals surface area contributed by atoms with Crippen LogP contribution in [-0.2, 0) is 18.3 Å². The van der Waals surface area contributed by atoms with E-state index in [0.29, 0.717) is 5.75 Å². The van der Waals surface area contributed by atoms with Crippen LogP contribution in [0.15, 0.2) is 54.6 Å². The fourth-order valence-corrected chi connectivity index (χ4v) is 4.86. The zero-order chi connectivity index (χ0) is 32.7. The lowest BCUT2D eigenvalue weighted by Crippen LogP contribution is -2.50. The van der Waals surface area contributed by atoms with Gasteiger partial charge >= 0.3 is 24.2 Å². The molecule has 0 heterocycles. The van der Waals surface area contributed by atoms with Gasteiger partial charge in [0.1, 0.15) is 5.75 Å². The van der Waals surface area contributed by atoms with Gasteiger partial charge in [-0.05, 0) is 76.7 Å². The number of hydrogen-bond donors (Lipinski definition) is 0. The number of rotatable bonds is 7. The van der Waals surface area contributed by atoms with Gasteiger partial charge in [0, 0.05) is 28.2 Å². The van der Waals surface area contributed by atoms with Crippen molar-refractivity contribution in [2.24, 2.45) is 0 Å². The molecular formula is C27H17F11INO3. The van der Waals surface area contributed by atoms with Gasteiger partial charge in [0.05, 0.1) is 23.9 Å². The minimum atomic E-state index is -6.69. The second-order valence-corrected chi connectivity index (χ2v) is 10.1. The molecule has 0 saturated carbocycles. The van der Waals surface area contributed by atoms with Gasteiger partial charge in [-0.1, -0.05) is 6.07 Å². The van der Waals surface area contributed by atoms with E-state index in [1.165, 1.54) is 31.4 Å². The molecule has 0 unspecified atom stereocenters. The van der Waals surface area contributed by atoms with Crippen LogP contribution in [0.1, 0.15) is 37.4 Å². The molecule has 3 aromatic rings. The summed E-state index contributed by atoms with van der Waals surface area (Å²) >= 11 is 0.938. The average molecular weight is 739 g/mol. The van der Waals surface area contributed by atoms with Crippen LogP contribution in [0.5, 0.6) is 5.75 Å². The standard InChI is InChI=1S/C27H17F11INO3/c1-40(23(42)13-6-8-15(43-2)9-7-13)20-5-3-4-16(22(20)28)21(41)12-17-18(25(30,31)32)10-14(11-19(17)39)24(29,26(33,34)35)27(36,37)38/h3-11H,12H2,1-2H3. The van der Waals surface area contributed by atoms with E-state index in [0.717, 1.165) is 52.7 Å². The number of Topliss-reactive ketones (excluding diaryl/α,β-unsaturated/α-hetero) is 1. The van der Waals surface area contributed by atoms with E-state index in [1.807, 2.05) is 0 Å². The SMILES string of the molecule is COc1ccc(C(=O)N(C)c2cccc(C(=O)Cc3c(I)cc(C(F)(C(F)(F)F)C(F)(F)F)cc3C(F)(F)F)c2F)cc1. The Morgan fingerprint density at radius 2 is 1.42 bits per heavy atom. The highest BCUT2D eigenvalue weighted by atomic mass is 127. The summed E-state index contributed by atoms with van der Waals surface area (Å²) in [6.07, 6.45) is -20.4. The number of ketones is 1. The van der Waals surface area contributed by atoms with Crippen molar-refractivity contribution >= 4 is 40.0 Å². The van der Waals surface area contributed by atoms with Crippen molar-refractivity contribution in [3.63, 3.8) is 0 Å². The molecule has 0 radical (unpaired) electrons.